The van der Waals surface area contributed by atoms with E-state index in [1.54, 1.807) is 37.3 Å². The molecule has 1 fully saturated rings. The van der Waals surface area contributed by atoms with Crippen LogP contribution in [0.1, 0.15) is 24.3 Å². The molecule has 140 valence electrons. The van der Waals surface area contributed by atoms with E-state index >= 15 is 0 Å². The Bertz CT molecular complexity index is 794. The van der Waals surface area contributed by atoms with E-state index in [1.807, 2.05) is 13.8 Å². The van der Waals surface area contributed by atoms with E-state index in [-0.39, 0.29) is 31.1 Å². The normalized spacial score (nSPS) is 20.3. The third-order valence-corrected chi connectivity index (χ3v) is 4.81. The van der Waals surface area contributed by atoms with Gasteiger partial charge in [0.25, 0.3) is 5.91 Å². The molecule has 3 rings (SSSR count). The van der Waals surface area contributed by atoms with E-state index < -0.39 is 6.09 Å². The first-order valence-electron chi connectivity index (χ1n) is 8.41. The molecule has 1 saturated heterocycles. The molecule has 2 atom stereocenters. The van der Waals surface area contributed by atoms with Gasteiger partial charge < -0.3 is 29.4 Å². The molecule has 2 amide bonds. The van der Waals surface area contributed by atoms with Gasteiger partial charge in [-0.15, -0.1) is 0 Å². The van der Waals surface area contributed by atoms with Crippen LogP contribution >= 0.6 is 0 Å². The van der Waals surface area contributed by atoms with Gasteiger partial charge in [0.1, 0.15) is 17.2 Å². The summed E-state index contributed by atoms with van der Waals surface area (Å²) in [6.07, 6.45) is -0.962. The Morgan fingerprint density at radius 3 is 2.23 bits per heavy atom. The molecule has 8 nitrogen and oxygen atoms in total. The maximum atomic E-state index is 13.1. The van der Waals surface area contributed by atoms with Crippen LogP contribution in [0.4, 0.5) is 4.79 Å². The molecular weight excluding hydrogens is 338 g/mol. The van der Waals surface area contributed by atoms with Crippen molar-refractivity contribution in [2.24, 2.45) is 0 Å². The average Bonchev–Trinajstić information content (AvgIpc) is 3.05. The number of nitrogens with zero attached hydrogens (tertiary/aromatic N) is 2. The molecule has 2 aromatic rings. The highest BCUT2D eigenvalue weighted by molar-refractivity contribution is 6.01. The summed E-state index contributed by atoms with van der Waals surface area (Å²) in [6, 6.07) is 4.88. The van der Waals surface area contributed by atoms with Gasteiger partial charge in [0.2, 0.25) is 0 Å². The van der Waals surface area contributed by atoms with Crippen molar-refractivity contribution in [2.75, 3.05) is 27.3 Å². The molecule has 1 aromatic heterocycles. The Morgan fingerprint density at radius 1 is 1.12 bits per heavy atom. The maximum Gasteiger partial charge on any atom is 0.407 e. The molecule has 0 radical (unpaired) electrons. The van der Waals surface area contributed by atoms with Gasteiger partial charge in [0, 0.05) is 30.6 Å². The molecule has 26 heavy (non-hydrogen) atoms. The number of aromatic nitrogens is 1. The number of ether oxygens (including phenoxy) is 2. The molecule has 0 bridgehead atoms. The van der Waals surface area contributed by atoms with Gasteiger partial charge >= 0.3 is 6.09 Å². The lowest BCUT2D eigenvalue weighted by Crippen LogP contribution is -2.59. The average molecular weight is 361 g/mol. The second kappa shape index (κ2) is 6.78. The Kier molecular flexibility index (Phi) is 4.67. The van der Waals surface area contributed by atoms with E-state index in [9.17, 15) is 14.7 Å². The fraction of sp³-hybridized carbons (Fsp3) is 0.444. The number of carboxylic acid groups (broad SMARTS) is 1. The summed E-state index contributed by atoms with van der Waals surface area (Å²) in [6.45, 7) is 4.29. The Labute approximate surface area is 151 Å². The summed E-state index contributed by atoms with van der Waals surface area (Å²) in [5, 5.41) is 9.98. The van der Waals surface area contributed by atoms with Crippen LogP contribution in [0.2, 0.25) is 0 Å². The van der Waals surface area contributed by atoms with Crippen LogP contribution in [0.3, 0.4) is 0 Å². The Balaban J connectivity index is 1.96. The van der Waals surface area contributed by atoms with Crippen LogP contribution in [-0.2, 0) is 0 Å². The third kappa shape index (κ3) is 2.91. The zero-order valence-electron chi connectivity index (χ0n) is 15.3. The number of rotatable bonds is 3. The van der Waals surface area contributed by atoms with E-state index in [0.29, 0.717) is 22.7 Å². The summed E-state index contributed by atoms with van der Waals surface area (Å²) in [5.74, 6) is 1.10. The van der Waals surface area contributed by atoms with Crippen LogP contribution in [0, 0.1) is 0 Å². The highest BCUT2D eigenvalue weighted by Crippen LogP contribution is 2.34. The number of piperazine rings is 1. The smallest absolute Gasteiger partial charge is 0.407 e. The van der Waals surface area contributed by atoms with Crippen LogP contribution < -0.4 is 9.47 Å². The van der Waals surface area contributed by atoms with Crippen molar-refractivity contribution in [1.29, 1.82) is 0 Å². The summed E-state index contributed by atoms with van der Waals surface area (Å²) in [4.78, 5) is 30.6. The number of fused-ring (bicyclic) bond motifs is 1. The molecule has 2 heterocycles. The Hall–Kier alpha value is -2.90. The van der Waals surface area contributed by atoms with Gasteiger partial charge in [-0.25, -0.2) is 4.79 Å². The van der Waals surface area contributed by atoms with Gasteiger partial charge in [-0.1, -0.05) is 0 Å². The van der Waals surface area contributed by atoms with Crippen LogP contribution in [0.25, 0.3) is 10.9 Å². The van der Waals surface area contributed by atoms with E-state index in [4.69, 9.17) is 9.47 Å². The standard InChI is InChI=1S/C18H23N3O5/c1-10-8-20(18(23)24)9-11(2)21(10)17(22)13-7-12-14(25-3)5-6-15(26-4)16(12)19-13/h5-7,10-11,19H,8-9H2,1-4H3,(H,23,24)/t10-,11-/m1/s1. The van der Waals surface area contributed by atoms with Crippen LogP contribution in [-0.4, -0.2) is 71.3 Å². The van der Waals surface area contributed by atoms with Gasteiger partial charge in [-0.2, -0.15) is 0 Å². The number of amides is 2. The molecule has 0 unspecified atom stereocenters. The van der Waals surface area contributed by atoms with Crippen molar-refractivity contribution in [3.8, 4) is 11.5 Å². The minimum atomic E-state index is -0.962. The van der Waals surface area contributed by atoms with Gasteiger partial charge in [-0.05, 0) is 32.0 Å². The van der Waals surface area contributed by atoms with Crippen molar-refractivity contribution in [3.05, 3.63) is 23.9 Å². The minimum Gasteiger partial charge on any atom is -0.496 e. The lowest BCUT2D eigenvalue weighted by Gasteiger charge is -2.43. The van der Waals surface area contributed by atoms with Crippen molar-refractivity contribution in [2.45, 2.75) is 25.9 Å². The fourth-order valence-electron chi connectivity index (χ4n) is 3.65. The summed E-state index contributed by atoms with van der Waals surface area (Å²) in [5.41, 5.74) is 1.12. The third-order valence-electron chi connectivity index (χ3n) is 4.81. The first-order chi connectivity index (χ1) is 12.4. The molecule has 0 aliphatic carbocycles. The molecule has 0 saturated carbocycles. The first kappa shape index (κ1) is 17.9. The highest BCUT2D eigenvalue weighted by Gasteiger charge is 2.35. The highest BCUT2D eigenvalue weighted by atomic mass is 16.5. The number of aromatic amines is 1. The Morgan fingerprint density at radius 2 is 1.69 bits per heavy atom. The second-order valence-corrected chi connectivity index (χ2v) is 6.54. The minimum absolute atomic E-state index is 0.171. The molecule has 8 heteroatoms. The number of nitrogens with one attached hydrogen (secondary N) is 1. The summed E-state index contributed by atoms with van der Waals surface area (Å²) in [7, 11) is 3.14. The van der Waals surface area contributed by atoms with Gasteiger partial charge in [0.05, 0.1) is 19.7 Å². The molecule has 1 aromatic carbocycles. The maximum absolute atomic E-state index is 13.1. The number of H-pyrrole nitrogens is 1. The predicted octanol–water partition coefficient (Wildman–Crippen LogP) is 2.40. The van der Waals surface area contributed by atoms with Gasteiger partial charge in [0.15, 0.2) is 0 Å². The summed E-state index contributed by atoms with van der Waals surface area (Å²) >= 11 is 0. The van der Waals surface area contributed by atoms with Crippen LogP contribution in [0.15, 0.2) is 18.2 Å². The number of hydrogen-bond acceptors (Lipinski definition) is 4. The molecule has 1 aliphatic heterocycles. The molecule has 2 N–H and O–H groups in total. The monoisotopic (exact) mass is 361 g/mol. The van der Waals surface area contributed by atoms with Crippen molar-refractivity contribution >= 4 is 22.9 Å². The number of carbonyl (C=O) groups is 2. The first-order valence-corrected chi connectivity index (χ1v) is 8.41. The quantitative estimate of drug-likeness (QED) is 0.875. The largest absolute Gasteiger partial charge is 0.496 e. The number of benzene rings is 1. The topological polar surface area (TPSA) is 95.1 Å². The number of hydrogen-bond donors (Lipinski definition) is 2. The van der Waals surface area contributed by atoms with Crippen molar-refractivity contribution in [1.82, 2.24) is 14.8 Å². The molecule has 0 spiro atoms. The van der Waals surface area contributed by atoms with Crippen molar-refractivity contribution < 1.29 is 24.2 Å². The van der Waals surface area contributed by atoms with E-state index in [0.717, 1.165) is 5.39 Å². The van der Waals surface area contributed by atoms with Crippen molar-refractivity contribution in [3.63, 3.8) is 0 Å². The molecular formula is C18H23N3O5. The van der Waals surface area contributed by atoms with E-state index in [1.165, 1.54) is 4.90 Å². The molecule has 1 aliphatic rings. The zero-order valence-corrected chi connectivity index (χ0v) is 15.3. The predicted molar refractivity (Wildman–Crippen MR) is 96.1 cm³/mol. The lowest BCUT2D eigenvalue weighted by atomic mass is 10.1. The number of methoxy groups -OCH3 is 2. The zero-order chi connectivity index (χ0) is 19.0. The number of carbonyl (C=O) groups excluding carboxylic acids is 1. The second-order valence-electron chi connectivity index (χ2n) is 6.54. The summed E-state index contributed by atoms with van der Waals surface area (Å²) < 4.78 is 10.7. The van der Waals surface area contributed by atoms with Gasteiger partial charge in [-0.3, -0.25) is 4.79 Å². The SMILES string of the molecule is COc1ccc(OC)c2[nH]c(C(=O)N3[C@H](C)CN(C(=O)O)C[C@H]3C)cc12. The lowest BCUT2D eigenvalue weighted by molar-refractivity contribution is 0.0295. The van der Waals surface area contributed by atoms with Crippen LogP contribution in [0.5, 0.6) is 11.5 Å². The fourth-order valence-corrected chi connectivity index (χ4v) is 3.65. The van der Waals surface area contributed by atoms with E-state index in [2.05, 4.69) is 4.98 Å².